The third-order valence-electron chi connectivity index (χ3n) is 5.23. The maximum Gasteiger partial charge on any atom is 0.256 e. The molecule has 4 aromatic carbocycles. The number of imide groups is 1. The summed E-state index contributed by atoms with van der Waals surface area (Å²) in [6, 6.07) is 27.0. The predicted molar refractivity (Wildman–Crippen MR) is 112 cm³/mol. The van der Waals surface area contributed by atoms with Gasteiger partial charge in [0.05, 0.1) is 12.1 Å². The van der Waals surface area contributed by atoms with Gasteiger partial charge >= 0.3 is 0 Å². The summed E-state index contributed by atoms with van der Waals surface area (Å²) in [6.45, 7) is 0. The van der Waals surface area contributed by atoms with E-state index in [4.69, 9.17) is 0 Å². The van der Waals surface area contributed by atoms with Crippen LogP contribution in [0.4, 0.5) is 11.4 Å². The molecule has 0 aromatic heterocycles. The molecular formula is C24H18N2O2. The van der Waals surface area contributed by atoms with Crippen molar-refractivity contribution in [3.05, 3.63) is 84.9 Å². The summed E-state index contributed by atoms with van der Waals surface area (Å²) >= 11 is 0. The number of nitrogens with one attached hydrogen (secondary N) is 1. The molecule has 2 amide bonds. The molecule has 1 saturated heterocycles. The second-order valence-electron chi connectivity index (χ2n) is 7.06. The van der Waals surface area contributed by atoms with Crippen LogP contribution in [0, 0.1) is 0 Å². The molecule has 1 aliphatic heterocycles. The van der Waals surface area contributed by atoms with Gasteiger partial charge in [-0.2, -0.15) is 0 Å². The first-order chi connectivity index (χ1) is 13.7. The third-order valence-corrected chi connectivity index (χ3v) is 5.23. The Kier molecular flexibility index (Phi) is 3.83. The molecule has 1 fully saturated rings. The first kappa shape index (κ1) is 16.5. The van der Waals surface area contributed by atoms with Gasteiger partial charge in [0, 0.05) is 5.69 Å². The monoisotopic (exact) mass is 366 g/mol. The number of fused-ring (bicyclic) bond motifs is 2. The fourth-order valence-electron chi connectivity index (χ4n) is 3.81. The Hall–Kier alpha value is -3.66. The van der Waals surface area contributed by atoms with E-state index in [-0.39, 0.29) is 18.2 Å². The van der Waals surface area contributed by atoms with Crippen molar-refractivity contribution in [2.24, 2.45) is 0 Å². The molecule has 1 N–H and O–H groups in total. The number of carbonyl (C=O) groups excluding carboxylic acids is 2. The van der Waals surface area contributed by atoms with Crippen LogP contribution in [-0.4, -0.2) is 17.9 Å². The molecule has 1 heterocycles. The molecule has 4 nitrogen and oxygen atoms in total. The minimum absolute atomic E-state index is 0.151. The normalized spacial score (nSPS) is 16.9. The van der Waals surface area contributed by atoms with Gasteiger partial charge in [-0.05, 0) is 45.8 Å². The van der Waals surface area contributed by atoms with E-state index in [0.29, 0.717) is 5.69 Å². The quantitative estimate of drug-likeness (QED) is 0.533. The minimum atomic E-state index is -0.555. The van der Waals surface area contributed by atoms with Gasteiger partial charge in [-0.15, -0.1) is 0 Å². The number of carbonyl (C=O) groups is 2. The maximum atomic E-state index is 13.0. The van der Waals surface area contributed by atoms with Crippen molar-refractivity contribution >= 4 is 44.7 Å². The van der Waals surface area contributed by atoms with Crippen LogP contribution in [0.5, 0.6) is 0 Å². The molecule has 5 rings (SSSR count). The van der Waals surface area contributed by atoms with E-state index in [9.17, 15) is 9.59 Å². The van der Waals surface area contributed by atoms with Crippen molar-refractivity contribution in [3.63, 3.8) is 0 Å². The molecule has 0 bridgehead atoms. The Morgan fingerprint density at radius 1 is 0.714 bits per heavy atom. The van der Waals surface area contributed by atoms with Crippen LogP contribution < -0.4 is 10.2 Å². The van der Waals surface area contributed by atoms with Gasteiger partial charge in [-0.3, -0.25) is 9.59 Å². The lowest BCUT2D eigenvalue weighted by Crippen LogP contribution is -2.34. The van der Waals surface area contributed by atoms with E-state index in [2.05, 4.69) is 5.32 Å². The number of nitrogens with zero attached hydrogens (tertiary/aromatic N) is 1. The van der Waals surface area contributed by atoms with Gasteiger partial charge in [0.2, 0.25) is 5.91 Å². The first-order valence-electron chi connectivity index (χ1n) is 9.30. The predicted octanol–water partition coefficient (Wildman–Crippen LogP) is 4.74. The van der Waals surface area contributed by atoms with E-state index in [0.717, 1.165) is 27.2 Å². The highest BCUT2D eigenvalue weighted by Crippen LogP contribution is 2.28. The van der Waals surface area contributed by atoms with Crippen LogP contribution >= 0.6 is 0 Å². The maximum absolute atomic E-state index is 13.0. The van der Waals surface area contributed by atoms with Crippen molar-refractivity contribution in [3.8, 4) is 0 Å². The lowest BCUT2D eigenvalue weighted by atomic mass is 10.1. The summed E-state index contributed by atoms with van der Waals surface area (Å²) in [5.41, 5.74) is 1.46. The second-order valence-corrected chi connectivity index (χ2v) is 7.06. The summed E-state index contributed by atoms with van der Waals surface area (Å²) in [4.78, 5) is 26.9. The van der Waals surface area contributed by atoms with Crippen LogP contribution in [-0.2, 0) is 9.59 Å². The summed E-state index contributed by atoms with van der Waals surface area (Å²) in [5, 5.41) is 7.56. The zero-order valence-corrected chi connectivity index (χ0v) is 15.1. The summed E-state index contributed by atoms with van der Waals surface area (Å²) in [5.74, 6) is -0.396. The standard InChI is InChI=1S/C24H18N2O2/c27-23-15-22(25-20-11-9-16-5-1-3-7-18(16)13-20)24(28)26(23)21-12-10-17-6-2-4-8-19(17)14-21/h1-14,22,25H,15H2/t22-/m1/s1. The Morgan fingerprint density at radius 2 is 1.32 bits per heavy atom. The Bertz CT molecular complexity index is 1230. The molecule has 4 aromatic rings. The number of rotatable bonds is 3. The molecule has 0 saturated carbocycles. The molecule has 0 spiro atoms. The molecule has 0 radical (unpaired) electrons. The molecule has 1 aliphatic rings. The molecule has 0 unspecified atom stereocenters. The van der Waals surface area contributed by atoms with Crippen molar-refractivity contribution < 1.29 is 9.59 Å². The SMILES string of the molecule is O=C1C[C@@H](Nc2ccc3ccccc3c2)C(=O)N1c1ccc2ccccc2c1. The second kappa shape index (κ2) is 6.50. The van der Waals surface area contributed by atoms with E-state index >= 15 is 0 Å². The van der Waals surface area contributed by atoms with Crippen molar-refractivity contribution in [2.45, 2.75) is 12.5 Å². The summed E-state index contributed by atoms with van der Waals surface area (Å²) in [7, 11) is 0. The van der Waals surface area contributed by atoms with Gasteiger partial charge in [-0.1, -0.05) is 60.7 Å². The number of hydrogen-bond acceptors (Lipinski definition) is 3. The zero-order chi connectivity index (χ0) is 19.1. The molecule has 4 heteroatoms. The van der Waals surface area contributed by atoms with Crippen LogP contribution in [0.2, 0.25) is 0 Å². The van der Waals surface area contributed by atoms with Gasteiger partial charge in [0.25, 0.3) is 5.91 Å². The summed E-state index contributed by atoms with van der Waals surface area (Å²) < 4.78 is 0. The molecule has 0 aliphatic carbocycles. The Balaban J connectivity index is 1.42. The van der Waals surface area contributed by atoms with Gasteiger partial charge in [0.15, 0.2) is 0 Å². The molecule has 28 heavy (non-hydrogen) atoms. The average molecular weight is 366 g/mol. The van der Waals surface area contributed by atoms with E-state index in [1.807, 2.05) is 84.9 Å². The molecule has 1 atom stereocenters. The van der Waals surface area contributed by atoms with Crippen molar-refractivity contribution in [1.82, 2.24) is 0 Å². The highest BCUT2D eigenvalue weighted by Gasteiger charge is 2.39. The highest BCUT2D eigenvalue weighted by atomic mass is 16.2. The number of benzene rings is 4. The topological polar surface area (TPSA) is 49.4 Å². The zero-order valence-electron chi connectivity index (χ0n) is 15.1. The Morgan fingerprint density at radius 3 is 2.04 bits per heavy atom. The first-order valence-corrected chi connectivity index (χ1v) is 9.30. The van der Waals surface area contributed by atoms with Crippen LogP contribution in [0.1, 0.15) is 6.42 Å². The average Bonchev–Trinajstić information content (AvgIpc) is 3.00. The molecular weight excluding hydrogens is 348 g/mol. The number of anilines is 2. The van der Waals surface area contributed by atoms with E-state index in [1.54, 1.807) is 0 Å². The minimum Gasteiger partial charge on any atom is -0.373 e. The van der Waals surface area contributed by atoms with Crippen LogP contribution in [0.3, 0.4) is 0 Å². The lowest BCUT2D eigenvalue weighted by molar-refractivity contribution is -0.121. The molecule has 136 valence electrons. The highest BCUT2D eigenvalue weighted by molar-refractivity contribution is 6.23. The van der Waals surface area contributed by atoms with Gasteiger partial charge in [-0.25, -0.2) is 4.90 Å². The Labute approximate surface area is 162 Å². The summed E-state index contributed by atoms with van der Waals surface area (Å²) in [6.07, 6.45) is 0.151. The van der Waals surface area contributed by atoms with Crippen molar-refractivity contribution in [2.75, 3.05) is 10.2 Å². The van der Waals surface area contributed by atoms with Gasteiger partial charge < -0.3 is 5.32 Å². The van der Waals surface area contributed by atoms with E-state index in [1.165, 1.54) is 4.90 Å². The van der Waals surface area contributed by atoms with E-state index < -0.39 is 6.04 Å². The third kappa shape index (κ3) is 2.79. The van der Waals surface area contributed by atoms with Crippen LogP contribution in [0.15, 0.2) is 84.9 Å². The van der Waals surface area contributed by atoms with Gasteiger partial charge in [0.1, 0.15) is 6.04 Å². The van der Waals surface area contributed by atoms with Crippen LogP contribution in [0.25, 0.3) is 21.5 Å². The van der Waals surface area contributed by atoms with Crippen molar-refractivity contribution in [1.29, 1.82) is 0 Å². The largest absolute Gasteiger partial charge is 0.373 e. The lowest BCUT2D eigenvalue weighted by Gasteiger charge is -2.17. The fourth-order valence-corrected chi connectivity index (χ4v) is 3.81. The number of amides is 2. The smallest absolute Gasteiger partial charge is 0.256 e. The number of hydrogen-bond donors (Lipinski definition) is 1. The fraction of sp³-hybridized carbons (Fsp3) is 0.0833.